The number of furan rings is 1. The summed E-state index contributed by atoms with van der Waals surface area (Å²) in [5, 5.41) is 27.4. The lowest BCUT2D eigenvalue weighted by Gasteiger charge is -2.64. The molecule has 8 rings (SSSR count). The molecule has 8 heteroatoms. The third-order valence-electron chi connectivity index (χ3n) is 9.73. The molecule has 1 aromatic heterocycles. The van der Waals surface area contributed by atoms with Crippen molar-refractivity contribution in [1.82, 2.24) is 10.2 Å². The van der Waals surface area contributed by atoms with Gasteiger partial charge in [-0.25, -0.2) is 0 Å². The highest BCUT2D eigenvalue weighted by Gasteiger charge is 2.73. The Bertz CT molecular complexity index is 1390. The molecule has 2 bridgehead atoms. The molecule has 1 amide bonds. The summed E-state index contributed by atoms with van der Waals surface area (Å²) in [5.74, 6) is 1.35. The largest absolute Gasteiger partial charge is 0.504 e. The summed E-state index contributed by atoms with van der Waals surface area (Å²) < 4.78 is 12.4. The number of hydrogen-bond acceptors (Lipinski definition) is 6. The normalized spacial score (nSPS) is 33.4. The summed E-state index contributed by atoms with van der Waals surface area (Å²) in [4.78, 5) is 15.8. The zero-order valence-electron chi connectivity index (χ0n) is 20.5. The van der Waals surface area contributed by atoms with Crippen LogP contribution in [-0.2, 0) is 11.8 Å². The number of nitrogens with one attached hydrogen (secondary N) is 1. The van der Waals surface area contributed by atoms with E-state index in [-0.39, 0.29) is 41.9 Å². The molecule has 3 aliphatic carbocycles. The lowest BCUT2D eigenvalue weighted by molar-refractivity contribution is -0.191. The molecule has 3 heterocycles. The third-order valence-corrected chi connectivity index (χ3v) is 9.73. The predicted molar refractivity (Wildman–Crippen MR) is 140 cm³/mol. The maximum absolute atomic E-state index is 13.3. The number of rotatable bonds is 4. The minimum atomic E-state index is -0.961. The van der Waals surface area contributed by atoms with Crippen LogP contribution >= 0.6 is 12.4 Å². The van der Waals surface area contributed by atoms with E-state index in [9.17, 15) is 15.0 Å². The Morgan fingerprint density at radius 2 is 1.97 bits per heavy atom. The Balaban J connectivity index is 0.00000231. The summed E-state index contributed by atoms with van der Waals surface area (Å²) >= 11 is 0. The fraction of sp³-hybridized carbons (Fsp3) is 0.483. The van der Waals surface area contributed by atoms with Crippen molar-refractivity contribution in [1.29, 1.82) is 0 Å². The number of carbonyl (C=O) groups excluding carboxylic acids is 1. The Morgan fingerprint density at radius 3 is 2.78 bits per heavy atom. The molecule has 0 radical (unpaired) electrons. The molecular formula is C29H31ClN2O5. The smallest absolute Gasteiger partial charge is 0.287 e. The summed E-state index contributed by atoms with van der Waals surface area (Å²) in [7, 11) is 0. The summed E-state index contributed by atoms with van der Waals surface area (Å²) in [6, 6.07) is 12.8. The molecule has 37 heavy (non-hydrogen) atoms. The number of fused-ring (bicyclic) bond motifs is 1. The summed E-state index contributed by atoms with van der Waals surface area (Å²) in [5.41, 5.74) is 1.20. The van der Waals surface area contributed by atoms with Crippen LogP contribution in [-0.4, -0.2) is 57.9 Å². The highest BCUT2D eigenvalue weighted by atomic mass is 35.5. The predicted octanol–water partition coefficient (Wildman–Crippen LogP) is 3.92. The van der Waals surface area contributed by atoms with Crippen LogP contribution in [0.15, 0.2) is 46.9 Å². The van der Waals surface area contributed by atoms with Gasteiger partial charge in [0.25, 0.3) is 5.91 Å². The number of hydrogen-bond donors (Lipinski definition) is 3. The molecule has 3 fully saturated rings. The molecule has 3 N–H and O–H groups in total. The first-order valence-electron chi connectivity index (χ1n) is 13.3. The lowest BCUT2D eigenvalue weighted by atomic mass is 9.48. The second-order valence-electron chi connectivity index (χ2n) is 11.6. The minimum absolute atomic E-state index is 0. The van der Waals surface area contributed by atoms with Gasteiger partial charge in [0.15, 0.2) is 17.3 Å². The van der Waals surface area contributed by atoms with Crippen molar-refractivity contribution in [2.75, 3.05) is 13.1 Å². The number of piperidine rings is 1. The van der Waals surface area contributed by atoms with E-state index in [0.717, 1.165) is 48.4 Å². The number of para-hydroxylation sites is 1. The fourth-order valence-electron chi connectivity index (χ4n) is 7.96. The topological polar surface area (TPSA) is 95.2 Å². The van der Waals surface area contributed by atoms with Gasteiger partial charge in [0.1, 0.15) is 11.7 Å². The van der Waals surface area contributed by atoms with Crippen molar-refractivity contribution >= 4 is 29.3 Å². The van der Waals surface area contributed by atoms with Gasteiger partial charge >= 0.3 is 0 Å². The Labute approximate surface area is 221 Å². The lowest BCUT2D eigenvalue weighted by Crippen LogP contribution is -2.78. The van der Waals surface area contributed by atoms with Gasteiger partial charge in [0.2, 0.25) is 0 Å². The Kier molecular flexibility index (Phi) is 4.98. The van der Waals surface area contributed by atoms with Crippen LogP contribution in [0, 0.1) is 5.92 Å². The number of halogens is 1. The van der Waals surface area contributed by atoms with Gasteiger partial charge in [-0.1, -0.05) is 24.3 Å². The van der Waals surface area contributed by atoms with Gasteiger partial charge in [-0.05, 0) is 74.8 Å². The Morgan fingerprint density at radius 1 is 1.14 bits per heavy atom. The number of carbonyl (C=O) groups is 1. The molecular weight excluding hydrogens is 492 g/mol. The number of ether oxygens (including phenoxy) is 1. The molecule has 194 valence electrons. The molecule has 3 aromatic rings. The van der Waals surface area contributed by atoms with Gasteiger partial charge in [-0.15, -0.1) is 12.4 Å². The van der Waals surface area contributed by atoms with E-state index in [4.69, 9.17) is 9.15 Å². The quantitative estimate of drug-likeness (QED) is 0.481. The molecule has 0 unspecified atom stereocenters. The van der Waals surface area contributed by atoms with Crippen molar-refractivity contribution in [3.05, 3.63) is 59.4 Å². The van der Waals surface area contributed by atoms with Crippen molar-refractivity contribution in [2.45, 2.75) is 67.7 Å². The first-order chi connectivity index (χ1) is 17.5. The Hall–Kier alpha value is -2.74. The van der Waals surface area contributed by atoms with Gasteiger partial charge in [0, 0.05) is 23.5 Å². The monoisotopic (exact) mass is 522 g/mol. The van der Waals surface area contributed by atoms with Gasteiger partial charge < -0.3 is 24.7 Å². The summed E-state index contributed by atoms with van der Waals surface area (Å²) in [6.45, 7) is 1.93. The highest BCUT2D eigenvalue weighted by Crippen LogP contribution is 2.65. The zero-order chi connectivity index (χ0) is 24.2. The molecule has 5 atom stereocenters. The maximum Gasteiger partial charge on any atom is 0.287 e. The van der Waals surface area contributed by atoms with E-state index in [1.54, 1.807) is 12.1 Å². The van der Waals surface area contributed by atoms with E-state index in [1.807, 2.05) is 30.3 Å². The molecule has 7 nitrogen and oxygen atoms in total. The molecule has 2 saturated carbocycles. The number of likely N-dealkylation sites (tertiary alicyclic amines) is 1. The van der Waals surface area contributed by atoms with Crippen molar-refractivity contribution in [3.63, 3.8) is 0 Å². The zero-order valence-corrected chi connectivity index (χ0v) is 21.3. The number of aromatic hydroxyl groups is 1. The van der Waals surface area contributed by atoms with Gasteiger partial charge in [0.05, 0.1) is 17.1 Å². The number of amides is 1. The van der Waals surface area contributed by atoms with Gasteiger partial charge in [-0.2, -0.15) is 0 Å². The number of phenols is 1. The fourth-order valence-corrected chi connectivity index (χ4v) is 7.96. The van der Waals surface area contributed by atoms with E-state index in [0.29, 0.717) is 24.2 Å². The van der Waals surface area contributed by atoms with Gasteiger partial charge in [-0.3, -0.25) is 9.69 Å². The average Bonchev–Trinajstić information content (AvgIpc) is 3.45. The van der Waals surface area contributed by atoms with Crippen LogP contribution < -0.4 is 10.1 Å². The van der Waals surface area contributed by atoms with Crippen LogP contribution in [0.3, 0.4) is 0 Å². The van der Waals surface area contributed by atoms with E-state index in [2.05, 4.69) is 10.2 Å². The minimum Gasteiger partial charge on any atom is -0.504 e. The number of aliphatic hydroxyl groups is 1. The van der Waals surface area contributed by atoms with Crippen LogP contribution in [0.4, 0.5) is 0 Å². The van der Waals surface area contributed by atoms with Crippen molar-refractivity contribution < 1.29 is 24.2 Å². The first-order valence-corrected chi connectivity index (χ1v) is 13.3. The van der Waals surface area contributed by atoms with Crippen molar-refractivity contribution in [2.24, 2.45) is 5.92 Å². The van der Waals surface area contributed by atoms with E-state index < -0.39 is 17.1 Å². The molecule has 2 aliphatic heterocycles. The van der Waals surface area contributed by atoms with Crippen LogP contribution in [0.1, 0.15) is 53.8 Å². The van der Waals surface area contributed by atoms with Crippen LogP contribution in [0.5, 0.6) is 11.5 Å². The second kappa shape index (κ2) is 7.88. The van der Waals surface area contributed by atoms with E-state index in [1.165, 1.54) is 12.8 Å². The second-order valence-corrected chi connectivity index (χ2v) is 11.6. The average molecular weight is 523 g/mol. The maximum atomic E-state index is 13.3. The SMILES string of the molecule is Cl.O=C(N[C@H]1CC[C@@]2(O)[C@H]3Cc4ccc(O)c5c4[C@@]2(CCN3CC2CC2)[C@H]1O5)c1cc2ccccc2o1. The van der Waals surface area contributed by atoms with Crippen LogP contribution in [0.25, 0.3) is 11.0 Å². The molecule has 2 aromatic carbocycles. The molecule has 1 saturated heterocycles. The summed E-state index contributed by atoms with van der Waals surface area (Å²) in [6.07, 6.45) is 4.81. The third kappa shape index (κ3) is 3.05. The van der Waals surface area contributed by atoms with E-state index >= 15 is 0 Å². The number of phenolic OH excluding ortho intramolecular Hbond substituents is 1. The van der Waals surface area contributed by atoms with Crippen LogP contribution in [0.2, 0.25) is 0 Å². The highest BCUT2D eigenvalue weighted by molar-refractivity contribution is 5.96. The number of nitrogens with zero attached hydrogens (tertiary/aromatic N) is 1. The first kappa shape index (κ1) is 23.4. The molecule has 1 spiro atoms. The standard InChI is InChI=1S/C29H30N2O5.ClH/c32-20-8-7-18-14-23-29(34)10-9-19(30-27(33)22-13-17-3-1-2-4-21(17)35-22)26-28(29,24(18)25(20)36-26)11-12-31(23)15-16-5-6-16;/h1-4,7-8,13,16,19,23,26,32,34H,5-6,9-12,14-15H2,(H,30,33);1H/t19-,23+,26-,28-,29+;/m0./s1. The number of benzene rings is 2. The van der Waals surface area contributed by atoms with Crippen molar-refractivity contribution in [3.8, 4) is 11.5 Å². The molecule has 5 aliphatic rings.